The molecule has 0 aliphatic rings. The van der Waals surface area contributed by atoms with E-state index in [0.717, 1.165) is 0 Å². The van der Waals surface area contributed by atoms with E-state index in [1.165, 1.54) is 12.1 Å². The van der Waals surface area contributed by atoms with Gasteiger partial charge in [0.25, 0.3) is 0 Å². The number of nitrogens with two attached hydrogens (primary N) is 2. The van der Waals surface area contributed by atoms with Crippen molar-refractivity contribution in [2.45, 2.75) is 6.54 Å². The quantitative estimate of drug-likeness (QED) is 0.719. The van der Waals surface area contributed by atoms with Gasteiger partial charge in [-0.1, -0.05) is 24.3 Å². The van der Waals surface area contributed by atoms with Gasteiger partial charge in [-0.3, -0.25) is 0 Å². The van der Waals surface area contributed by atoms with Crippen LogP contribution in [0.2, 0.25) is 5.02 Å². The summed E-state index contributed by atoms with van der Waals surface area (Å²) in [7, 11) is 0. The average molecular weight is 201 g/mol. The molecule has 1 aromatic rings. The third-order valence-electron chi connectivity index (χ3n) is 1.79. The third kappa shape index (κ3) is 1.66. The molecule has 0 atom stereocenters. The van der Waals surface area contributed by atoms with Crippen LogP contribution in [0.3, 0.4) is 0 Å². The molecule has 4 N–H and O–H groups in total. The summed E-state index contributed by atoms with van der Waals surface area (Å²) in [6.45, 7) is 3.60. The number of benzene rings is 1. The summed E-state index contributed by atoms with van der Waals surface area (Å²) in [5.41, 5.74) is 11.8. The molecule has 0 radical (unpaired) electrons. The van der Waals surface area contributed by atoms with Gasteiger partial charge in [0.1, 0.15) is 5.82 Å². The summed E-state index contributed by atoms with van der Waals surface area (Å²) in [6.07, 6.45) is 1.33. The predicted molar refractivity (Wildman–Crippen MR) is 53.8 cm³/mol. The van der Waals surface area contributed by atoms with Crippen molar-refractivity contribution in [2.24, 2.45) is 5.73 Å². The van der Waals surface area contributed by atoms with Crippen molar-refractivity contribution in [3.8, 4) is 0 Å². The van der Waals surface area contributed by atoms with Crippen LogP contribution in [-0.2, 0) is 6.54 Å². The van der Waals surface area contributed by atoms with Gasteiger partial charge in [0.2, 0.25) is 0 Å². The number of halogens is 2. The Balaban J connectivity index is 3.45. The Bertz CT molecular complexity index is 350. The largest absolute Gasteiger partial charge is 0.397 e. The molecule has 2 nitrogen and oxygen atoms in total. The van der Waals surface area contributed by atoms with E-state index in [4.69, 9.17) is 23.1 Å². The number of hydrogen-bond acceptors (Lipinski definition) is 2. The van der Waals surface area contributed by atoms with E-state index in [9.17, 15) is 4.39 Å². The van der Waals surface area contributed by atoms with Crippen molar-refractivity contribution >= 4 is 23.4 Å². The van der Waals surface area contributed by atoms with E-state index in [0.29, 0.717) is 10.6 Å². The monoisotopic (exact) mass is 200 g/mol. The van der Waals surface area contributed by atoms with Crippen molar-refractivity contribution in [2.75, 3.05) is 5.73 Å². The molecule has 0 unspecified atom stereocenters. The van der Waals surface area contributed by atoms with E-state index in [1.807, 2.05) is 0 Å². The van der Waals surface area contributed by atoms with Gasteiger partial charge in [-0.15, -0.1) is 0 Å². The molecule has 0 aliphatic carbocycles. The standard InChI is InChI=1S/C9H10ClFN2/c1-2-6-7(11)3-5(4-12)8(10)9(6)13/h2-3H,1,4,12-13H2. The zero-order chi connectivity index (χ0) is 10.0. The molecule has 0 fully saturated rings. The number of nitrogen functional groups attached to an aromatic ring is 1. The Hall–Kier alpha value is -1.06. The predicted octanol–water partition coefficient (Wildman–Crippen LogP) is 2.16. The molecule has 0 spiro atoms. The van der Waals surface area contributed by atoms with Gasteiger partial charge in [-0.05, 0) is 11.6 Å². The van der Waals surface area contributed by atoms with Crippen molar-refractivity contribution < 1.29 is 4.39 Å². The topological polar surface area (TPSA) is 52.0 Å². The molecule has 0 heterocycles. The lowest BCUT2D eigenvalue weighted by Gasteiger charge is -2.08. The maximum Gasteiger partial charge on any atom is 0.132 e. The molecule has 0 bridgehead atoms. The van der Waals surface area contributed by atoms with Crippen molar-refractivity contribution in [3.63, 3.8) is 0 Å². The van der Waals surface area contributed by atoms with Crippen molar-refractivity contribution in [3.05, 3.63) is 34.6 Å². The summed E-state index contributed by atoms with van der Waals surface area (Å²) in [6, 6.07) is 1.27. The molecule has 4 heteroatoms. The summed E-state index contributed by atoms with van der Waals surface area (Å²) in [5.74, 6) is -0.447. The van der Waals surface area contributed by atoms with Crippen LogP contribution in [-0.4, -0.2) is 0 Å². The minimum absolute atomic E-state index is 0.164. The third-order valence-corrected chi connectivity index (χ3v) is 2.24. The Morgan fingerprint density at radius 3 is 2.69 bits per heavy atom. The smallest absolute Gasteiger partial charge is 0.132 e. The molecular formula is C9H10ClFN2. The van der Waals surface area contributed by atoms with Gasteiger partial charge in [0.05, 0.1) is 10.7 Å². The first-order chi connectivity index (χ1) is 6.11. The van der Waals surface area contributed by atoms with Crippen LogP contribution in [0, 0.1) is 5.82 Å². The van der Waals surface area contributed by atoms with Crippen LogP contribution >= 0.6 is 11.6 Å². The molecule has 13 heavy (non-hydrogen) atoms. The number of hydrogen-bond donors (Lipinski definition) is 2. The zero-order valence-corrected chi connectivity index (χ0v) is 7.74. The van der Waals surface area contributed by atoms with E-state index in [-0.39, 0.29) is 17.8 Å². The molecule has 0 amide bonds. The summed E-state index contributed by atoms with van der Waals surface area (Å²) in [4.78, 5) is 0. The average Bonchev–Trinajstić information content (AvgIpc) is 2.12. The first-order valence-electron chi connectivity index (χ1n) is 3.70. The zero-order valence-electron chi connectivity index (χ0n) is 6.98. The van der Waals surface area contributed by atoms with Crippen LogP contribution in [0.25, 0.3) is 6.08 Å². The van der Waals surface area contributed by atoms with Crippen LogP contribution in [0.15, 0.2) is 12.6 Å². The van der Waals surface area contributed by atoms with E-state index in [1.54, 1.807) is 0 Å². The van der Waals surface area contributed by atoms with Crippen LogP contribution in [0.5, 0.6) is 0 Å². The summed E-state index contributed by atoms with van der Waals surface area (Å²) >= 11 is 5.83. The fraction of sp³-hybridized carbons (Fsp3) is 0.111. The second kappa shape index (κ2) is 3.77. The van der Waals surface area contributed by atoms with E-state index < -0.39 is 5.82 Å². The highest BCUT2D eigenvalue weighted by Crippen LogP contribution is 2.29. The van der Waals surface area contributed by atoms with E-state index in [2.05, 4.69) is 6.58 Å². The van der Waals surface area contributed by atoms with Gasteiger partial charge >= 0.3 is 0 Å². The molecule has 0 aromatic heterocycles. The molecule has 0 aliphatic heterocycles. The second-order valence-corrected chi connectivity index (χ2v) is 2.95. The summed E-state index contributed by atoms with van der Waals surface area (Å²) in [5, 5.41) is 0.304. The maximum absolute atomic E-state index is 13.2. The lowest BCUT2D eigenvalue weighted by atomic mass is 10.1. The second-order valence-electron chi connectivity index (χ2n) is 2.57. The first kappa shape index (κ1) is 10.0. The highest BCUT2D eigenvalue weighted by Gasteiger charge is 2.11. The van der Waals surface area contributed by atoms with Crippen LogP contribution < -0.4 is 11.5 Å². The van der Waals surface area contributed by atoms with Crippen LogP contribution in [0.4, 0.5) is 10.1 Å². The lowest BCUT2D eigenvalue weighted by Crippen LogP contribution is -2.03. The fourth-order valence-electron chi connectivity index (χ4n) is 1.07. The SMILES string of the molecule is C=Cc1c(F)cc(CN)c(Cl)c1N. The fourth-order valence-corrected chi connectivity index (χ4v) is 1.30. The highest BCUT2D eigenvalue weighted by molar-refractivity contribution is 6.34. The van der Waals surface area contributed by atoms with Crippen molar-refractivity contribution in [1.29, 1.82) is 0 Å². The Kier molecular flexibility index (Phi) is 2.90. The Morgan fingerprint density at radius 2 is 2.23 bits per heavy atom. The molecule has 1 aromatic carbocycles. The number of rotatable bonds is 2. The Morgan fingerprint density at radius 1 is 1.62 bits per heavy atom. The normalized spacial score (nSPS) is 10.1. The highest BCUT2D eigenvalue weighted by atomic mass is 35.5. The molecule has 70 valence electrons. The first-order valence-corrected chi connectivity index (χ1v) is 4.08. The minimum Gasteiger partial charge on any atom is -0.397 e. The number of anilines is 1. The molecule has 0 saturated heterocycles. The van der Waals surface area contributed by atoms with Crippen LogP contribution in [0.1, 0.15) is 11.1 Å². The molecular weight excluding hydrogens is 191 g/mol. The maximum atomic E-state index is 13.2. The summed E-state index contributed by atoms with van der Waals surface area (Å²) < 4.78 is 13.2. The lowest BCUT2D eigenvalue weighted by molar-refractivity contribution is 0.623. The van der Waals surface area contributed by atoms with Gasteiger partial charge in [0, 0.05) is 12.1 Å². The Labute approximate surface area is 81.0 Å². The minimum atomic E-state index is -0.447. The van der Waals surface area contributed by atoms with Crippen molar-refractivity contribution in [1.82, 2.24) is 0 Å². The van der Waals surface area contributed by atoms with Gasteiger partial charge in [0.15, 0.2) is 0 Å². The molecule has 1 rings (SSSR count). The molecule has 0 saturated carbocycles. The van der Waals surface area contributed by atoms with Gasteiger partial charge in [-0.25, -0.2) is 4.39 Å². The van der Waals surface area contributed by atoms with E-state index >= 15 is 0 Å². The van der Waals surface area contributed by atoms with Gasteiger partial charge < -0.3 is 11.5 Å². The van der Waals surface area contributed by atoms with Gasteiger partial charge in [-0.2, -0.15) is 0 Å².